The summed E-state index contributed by atoms with van der Waals surface area (Å²) in [6, 6.07) is 6.98. The molecule has 2 aromatic rings. The molecule has 2 aliphatic heterocycles. The van der Waals surface area contributed by atoms with E-state index < -0.39 is 12.0 Å². The van der Waals surface area contributed by atoms with Crippen LogP contribution in [0, 0.1) is 0 Å². The van der Waals surface area contributed by atoms with Gasteiger partial charge in [0.25, 0.3) is 11.8 Å². The number of carbonyl (C=O) groups excluding carboxylic acids is 2. The van der Waals surface area contributed by atoms with Gasteiger partial charge in [-0.05, 0) is 66.8 Å². The standard InChI is InChI=1S/C20H24BrClN6O3/c21-16-17(23-18(29)14-7-1-2-8-15(14)22)24-25-19(16)31-20(30)26-28-11-5-6-13(28)12-27-9-3-4-10-27/h1-2,7-8,13H,3-6,9-12H2,(H,26,30)(H2,23,24,25,29). The van der Waals surface area contributed by atoms with Gasteiger partial charge in [-0.1, -0.05) is 23.7 Å². The summed E-state index contributed by atoms with van der Waals surface area (Å²) in [4.78, 5) is 27.3. The molecule has 11 heteroatoms. The van der Waals surface area contributed by atoms with Crippen LogP contribution in [0.15, 0.2) is 28.7 Å². The molecule has 2 saturated heterocycles. The predicted octanol–water partition coefficient (Wildman–Crippen LogP) is 3.64. The van der Waals surface area contributed by atoms with Crippen molar-refractivity contribution in [3.63, 3.8) is 0 Å². The summed E-state index contributed by atoms with van der Waals surface area (Å²) in [5, 5.41) is 11.6. The zero-order valence-corrected chi connectivity index (χ0v) is 19.2. The molecule has 1 aromatic heterocycles. The van der Waals surface area contributed by atoms with Crippen LogP contribution in [0.25, 0.3) is 0 Å². The fourth-order valence-electron chi connectivity index (χ4n) is 3.95. The zero-order chi connectivity index (χ0) is 21.8. The molecule has 3 N–H and O–H groups in total. The third-order valence-corrected chi connectivity index (χ3v) is 6.57. The second-order valence-electron chi connectivity index (χ2n) is 7.65. The van der Waals surface area contributed by atoms with Crippen LogP contribution in [0.1, 0.15) is 36.0 Å². The summed E-state index contributed by atoms with van der Waals surface area (Å²) in [5.41, 5.74) is 3.15. The van der Waals surface area contributed by atoms with Gasteiger partial charge in [-0.2, -0.15) is 0 Å². The highest BCUT2D eigenvalue weighted by molar-refractivity contribution is 9.10. The van der Waals surface area contributed by atoms with Crippen LogP contribution in [-0.4, -0.2) is 64.3 Å². The third-order valence-electron chi connectivity index (χ3n) is 5.50. The lowest BCUT2D eigenvalue weighted by Gasteiger charge is -2.28. The molecular weight excluding hydrogens is 488 g/mol. The molecule has 0 bridgehead atoms. The van der Waals surface area contributed by atoms with E-state index in [1.165, 1.54) is 12.8 Å². The number of H-pyrrole nitrogens is 1. The van der Waals surface area contributed by atoms with Crippen molar-refractivity contribution < 1.29 is 14.3 Å². The molecule has 9 nitrogen and oxygen atoms in total. The van der Waals surface area contributed by atoms with E-state index in [-0.39, 0.29) is 17.7 Å². The lowest BCUT2D eigenvalue weighted by atomic mass is 10.2. The highest BCUT2D eigenvalue weighted by Gasteiger charge is 2.29. The number of aromatic amines is 1. The van der Waals surface area contributed by atoms with Crippen molar-refractivity contribution in [2.24, 2.45) is 0 Å². The lowest BCUT2D eigenvalue weighted by Crippen LogP contribution is -2.49. The number of hydrogen-bond donors (Lipinski definition) is 3. The second-order valence-corrected chi connectivity index (χ2v) is 8.85. The molecule has 3 heterocycles. The Bertz CT molecular complexity index is 949. The van der Waals surface area contributed by atoms with Crippen molar-refractivity contribution in [2.45, 2.75) is 31.7 Å². The van der Waals surface area contributed by atoms with Crippen LogP contribution >= 0.6 is 27.5 Å². The van der Waals surface area contributed by atoms with E-state index in [4.69, 9.17) is 16.3 Å². The minimum Gasteiger partial charge on any atom is -0.387 e. The number of halogens is 2. The van der Waals surface area contributed by atoms with Crippen LogP contribution in [0.4, 0.5) is 10.6 Å². The number of anilines is 1. The molecule has 166 valence electrons. The topological polar surface area (TPSA) is 103 Å². The SMILES string of the molecule is O=C(NN1CCCC1CN1CCCC1)Oc1n[nH]c(NC(=O)c2ccccc2Cl)c1Br. The van der Waals surface area contributed by atoms with E-state index in [1.807, 2.05) is 5.01 Å². The van der Waals surface area contributed by atoms with Gasteiger partial charge in [-0.25, -0.2) is 9.80 Å². The van der Waals surface area contributed by atoms with Gasteiger partial charge in [-0.15, -0.1) is 5.10 Å². The molecule has 0 aliphatic carbocycles. The maximum absolute atomic E-state index is 12.4. The first-order valence-electron chi connectivity index (χ1n) is 10.3. The molecule has 1 atom stereocenters. The maximum Gasteiger partial charge on any atom is 0.428 e. The van der Waals surface area contributed by atoms with Crippen molar-refractivity contribution in [3.05, 3.63) is 39.3 Å². The number of ether oxygens (including phenoxy) is 1. The van der Waals surface area contributed by atoms with Crippen LogP contribution in [0.2, 0.25) is 5.02 Å². The fourth-order valence-corrected chi connectivity index (χ4v) is 4.53. The summed E-state index contributed by atoms with van der Waals surface area (Å²) in [6.45, 7) is 3.98. The van der Waals surface area contributed by atoms with E-state index in [2.05, 4.69) is 41.8 Å². The Morgan fingerprint density at radius 1 is 1.23 bits per heavy atom. The molecule has 0 radical (unpaired) electrons. The van der Waals surface area contributed by atoms with E-state index in [9.17, 15) is 9.59 Å². The Morgan fingerprint density at radius 2 is 2.00 bits per heavy atom. The summed E-state index contributed by atoms with van der Waals surface area (Å²) < 4.78 is 5.68. The van der Waals surface area contributed by atoms with Gasteiger partial charge in [0, 0.05) is 19.1 Å². The zero-order valence-electron chi connectivity index (χ0n) is 16.9. The Labute approximate surface area is 193 Å². The molecule has 2 fully saturated rings. The van der Waals surface area contributed by atoms with Crippen molar-refractivity contribution in [3.8, 4) is 5.88 Å². The van der Waals surface area contributed by atoms with Crippen molar-refractivity contribution in [2.75, 3.05) is 31.5 Å². The van der Waals surface area contributed by atoms with Crippen LogP contribution in [-0.2, 0) is 0 Å². The molecule has 2 aliphatic rings. The molecule has 0 spiro atoms. The van der Waals surface area contributed by atoms with Crippen LogP contribution in [0.5, 0.6) is 5.88 Å². The molecule has 1 aromatic carbocycles. The number of hydrogen-bond acceptors (Lipinski definition) is 6. The average Bonchev–Trinajstić information content (AvgIpc) is 3.48. The molecule has 2 amide bonds. The lowest BCUT2D eigenvalue weighted by molar-refractivity contribution is 0.102. The Morgan fingerprint density at radius 3 is 2.77 bits per heavy atom. The van der Waals surface area contributed by atoms with Crippen molar-refractivity contribution in [1.82, 2.24) is 25.5 Å². The van der Waals surface area contributed by atoms with Gasteiger partial charge in [0.15, 0.2) is 0 Å². The highest BCUT2D eigenvalue weighted by Crippen LogP contribution is 2.30. The summed E-state index contributed by atoms with van der Waals surface area (Å²) in [5.74, 6) is -0.115. The number of rotatable bonds is 6. The van der Waals surface area contributed by atoms with Gasteiger partial charge in [-0.3, -0.25) is 15.3 Å². The van der Waals surface area contributed by atoms with Gasteiger partial charge in [0.1, 0.15) is 10.3 Å². The minimum absolute atomic E-state index is 0.0299. The number of nitrogens with one attached hydrogen (secondary N) is 3. The van der Waals surface area contributed by atoms with Crippen molar-refractivity contribution >= 4 is 45.3 Å². The number of nitrogens with zero attached hydrogens (tertiary/aromatic N) is 3. The Kier molecular flexibility index (Phi) is 7.11. The van der Waals surface area contributed by atoms with Gasteiger partial charge in [0.05, 0.1) is 10.6 Å². The van der Waals surface area contributed by atoms with Crippen LogP contribution in [0.3, 0.4) is 0 Å². The number of aromatic nitrogens is 2. The number of likely N-dealkylation sites (tertiary alicyclic amines) is 1. The van der Waals surface area contributed by atoms with E-state index in [0.29, 0.717) is 15.1 Å². The fraction of sp³-hybridized carbons (Fsp3) is 0.450. The maximum atomic E-state index is 12.4. The first-order chi connectivity index (χ1) is 15.0. The highest BCUT2D eigenvalue weighted by atomic mass is 79.9. The van der Waals surface area contributed by atoms with Crippen molar-refractivity contribution in [1.29, 1.82) is 0 Å². The van der Waals surface area contributed by atoms with Crippen LogP contribution < -0.4 is 15.5 Å². The first-order valence-corrected chi connectivity index (χ1v) is 11.5. The molecule has 31 heavy (non-hydrogen) atoms. The number of carbonyl (C=O) groups is 2. The molecule has 1 unspecified atom stereocenters. The summed E-state index contributed by atoms with van der Waals surface area (Å²) in [6.07, 6.45) is 3.93. The quantitative estimate of drug-likeness (QED) is 0.547. The largest absolute Gasteiger partial charge is 0.428 e. The average molecular weight is 512 g/mol. The van der Waals surface area contributed by atoms with Gasteiger partial charge < -0.3 is 15.0 Å². The van der Waals surface area contributed by atoms with Gasteiger partial charge in [0.2, 0.25) is 0 Å². The smallest absolute Gasteiger partial charge is 0.387 e. The summed E-state index contributed by atoms with van der Waals surface area (Å²) >= 11 is 9.38. The predicted molar refractivity (Wildman–Crippen MR) is 120 cm³/mol. The Hall–Kier alpha value is -2.14. The van der Waals surface area contributed by atoms with E-state index in [1.54, 1.807) is 24.3 Å². The molecule has 4 rings (SSSR count). The first kappa shape index (κ1) is 22.1. The molecule has 0 saturated carbocycles. The Balaban J connectivity index is 1.33. The van der Waals surface area contributed by atoms with Gasteiger partial charge >= 0.3 is 6.09 Å². The number of amides is 2. The minimum atomic E-state index is -0.621. The van der Waals surface area contributed by atoms with E-state index in [0.717, 1.165) is 39.0 Å². The number of hydrazine groups is 1. The second kappa shape index (κ2) is 9.99. The number of benzene rings is 1. The third kappa shape index (κ3) is 5.38. The monoisotopic (exact) mass is 510 g/mol. The normalized spacial score (nSPS) is 19.5. The summed E-state index contributed by atoms with van der Waals surface area (Å²) in [7, 11) is 0. The molecular formula is C20H24BrClN6O3. The van der Waals surface area contributed by atoms with E-state index >= 15 is 0 Å².